The maximum absolute atomic E-state index is 12.4. The molecule has 8 nitrogen and oxygen atoms in total. The van der Waals surface area contributed by atoms with Crippen LogP contribution in [0.15, 0.2) is 47.8 Å². The van der Waals surface area contributed by atoms with Gasteiger partial charge in [-0.3, -0.25) is 9.36 Å². The summed E-state index contributed by atoms with van der Waals surface area (Å²) in [7, 11) is 0. The summed E-state index contributed by atoms with van der Waals surface area (Å²) in [5.41, 5.74) is 0.591. The molecule has 3 aromatic heterocycles. The molecule has 0 radical (unpaired) electrons. The maximum atomic E-state index is 12.4. The number of piperazine rings is 1. The highest BCUT2D eigenvalue weighted by Crippen LogP contribution is 2.18. The van der Waals surface area contributed by atoms with Crippen molar-refractivity contribution in [2.24, 2.45) is 0 Å². The number of aryl methyl sites for hydroxylation is 1. The third-order valence-corrected chi connectivity index (χ3v) is 4.24. The van der Waals surface area contributed by atoms with Crippen LogP contribution in [0.3, 0.4) is 0 Å². The standard InChI is InChI=1S/C17H18N6O2/c1-13-19-15(10-16(20-13)23-4-3-18-12-23)21-5-7-22(8-6-21)17(24)14-2-9-25-11-14/h2-4,9-12H,5-8H2,1H3. The summed E-state index contributed by atoms with van der Waals surface area (Å²) in [6.07, 6.45) is 8.29. The van der Waals surface area contributed by atoms with Crippen molar-refractivity contribution in [2.45, 2.75) is 6.92 Å². The first-order valence-electron chi connectivity index (χ1n) is 8.11. The summed E-state index contributed by atoms with van der Waals surface area (Å²) >= 11 is 0. The Hall–Kier alpha value is -3.16. The van der Waals surface area contributed by atoms with Crippen LogP contribution >= 0.6 is 0 Å². The average Bonchev–Trinajstić information content (AvgIpc) is 3.34. The second-order valence-electron chi connectivity index (χ2n) is 5.89. The fourth-order valence-electron chi connectivity index (χ4n) is 2.93. The molecule has 1 aliphatic rings. The minimum atomic E-state index is 0.00590. The molecule has 8 heteroatoms. The summed E-state index contributed by atoms with van der Waals surface area (Å²) < 4.78 is 6.85. The zero-order valence-corrected chi connectivity index (χ0v) is 13.9. The first-order valence-corrected chi connectivity index (χ1v) is 8.11. The summed E-state index contributed by atoms with van der Waals surface area (Å²) in [6.45, 7) is 4.62. The first kappa shape index (κ1) is 15.4. The average molecular weight is 338 g/mol. The molecule has 25 heavy (non-hydrogen) atoms. The van der Waals surface area contributed by atoms with Gasteiger partial charge in [0.05, 0.1) is 11.8 Å². The summed E-state index contributed by atoms with van der Waals surface area (Å²) in [5, 5.41) is 0. The van der Waals surface area contributed by atoms with E-state index in [1.807, 2.05) is 28.7 Å². The normalized spacial score (nSPS) is 14.8. The number of amides is 1. The van der Waals surface area contributed by atoms with Crippen LogP contribution in [0.5, 0.6) is 0 Å². The van der Waals surface area contributed by atoms with Crippen molar-refractivity contribution < 1.29 is 9.21 Å². The van der Waals surface area contributed by atoms with Gasteiger partial charge in [-0.1, -0.05) is 0 Å². The molecule has 1 fully saturated rings. The highest BCUT2D eigenvalue weighted by atomic mass is 16.3. The molecule has 0 aromatic carbocycles. The Morgan fingerprint density at radius 2 is 1.96 bits per heavy atom. The number of aromatic nitrogens is 4. The quantitative estimate of drug-likeness (QED) is 0.720. The van der Waals surface area contributed by atoms with Crippen LogP contribution in [0.4, 0.5) is 5.82 Å². The lowest BCUT2D eigenvalue weighted by molar-refractivity contribution is 0.0745. The molecule has 0 aliphatic carbocycles. The molecule has 0 unspecified atom stereocenters. The van der Waals surface area contributed by atoms with Gasteiger partial charge < -0.3 is 14.2 Å². The minimum Gasteiger partial charge on any atom is -0.472 e. The lowest BCUT2D eigenvalue weighted by Gasteiger charge is -2.35. The maximum Gasteiger partial charge on any atom is 0.257 e. The number of nitrogens with zero attached hydrogens (tertiary/aromatic N) is 6. The minimum absolute atomic E-state index is 0.00590. The summed E-state index contributed by atoms with van der Waals surface area (Å²) in [6, 6.07) is 3.64. The number of imidazole rings is 1. The van der Waals surface area contributed by atoms with E-state index >= 15 is 0 Å². The van der Waals surface area contributed by atoms with Crippen molar-refractivity contribution >= 4 is 11.7 Å². The lowest BCUT2D eigenvalue weighted by atomic mass is 10.2. The van der Waals surface area contributed by atoms with Crippen LogP contribution in [0, 0.1) is 6.92 Å². The molecule has 128 valence electrons. The van der Waals surface area contributed by atoms with Crippen molar-refractivity contribution in [1.29, 1.82) is 0 Å². The fraction of sp³-hybridized carbons (Fsp3) is 0.294. The number of anilines is 1. The van der Waals surface area contributed by atoms with Crippen molar-refractivity contribution in [3.8, 4) is 5.82 Å². The number of carbonyl (C=O) groups excluding carboxylic acids is 1. The van der Waals surface area contributed by atoms with E-state index in [4.69, 9.17) is 4.42 Å². The molecule has 0 saturated carbocycles. The van der Waals surface area contributed by atoms with E-state index < -0.39 is 0 Å². The van der Waals surface area contributed by atoms with E-state index in [1.54, 1.807) is 18.6 Å². The molecule has 1 saturated heterocycles. The molecule has 4 heterocycles. The van der Waals surface area contributed by atoms with Crippen molar-refractivity contribution in [1.82, 2.24) is 24.4 Å². The van der Waals surface area contributed by atoms with Gasteiger partial charge in [-0.25, -0.2) is 15.0 Å². The number of carbonyl (C=O) groups is 1. The first-order chi connectivity index (χ1) is 12.2. The number of rotatable bonds is 3. The molecular formula is C17H18N6O2. The summed E-state index contributed by atoms with van der Waals surface area (Å²) in [5.74, 6) is 2.37. The van der Waals surface area contributed by atoms with Crippen molar-refractivity contribution in [2.75, 3.05) is 31.1 Å². The molecule has 1 aliphatic heterocycles. The van der Waals surface area contributed by atoms with Crippen LogP contribution in [-0.4, -0.2) is 56.5 Å². The van der Waals surface area contributed by atoms with E-state index in [9.17, 15) is 4.79 Å². The monoisotopic (exact) mass is 338 g/mol. The number of hydrogen-bond donors (Lipinski definition) is 0. The van der Waals surface area contributed by atoms with Crippen LogP contribution in [0.25, 0.3) is 5.82 Å². The Morgan fingerprint density at radius 1 is 1.16 bits per heavy atom. The largest absolute Gasteiger partial charge is 0.472 e. The Kier molecular flexibility index (Phi) is 3.93. The van der Waals surface area contributed by atoms with Crippen molar-refractivity contribution in [3.05, 3.63) is 54.8 Å². The van der Waals surface area contributed by atoms with Gasteiger partial charge >= 0.3 is 0 Å². The Balaban J connectivity index is 1.48. The van der Waals surface area contributed by atoms with Crippen LogP contribution in [0.2, 0.25) is 0 Å². The second kappa shape index (κ2) is 6.39. The van der Waals surface area contributed by atoms with E-state index in [0.717, 1.165) is 24.7 Å². The molecular weight excluding hydrogens is 320 g/mol. The zero-order chi connectivity index (χ0) is 17.2. The van der Waals surface area contributed by atoms with Gasteiger partial charge in [0.1, 0.15) is 30.1 Å². The Morgan fingerprint density at radius 3 is 2.64 bits per heavy atom. The van der Waals surface area contributed by atoms with E-state index in [-0.39, 0.29) is 5.91 Å². The molecule has 3 aromatic rings. The predicted molar refractivity (Wildman–Crippen MR) is 90.7 cm³/mol. The van der Waals surface area contributed by atoms with E-state index in [0.29, 0.717) is 24.5 Å². The highest BCUT2D eigenvalue weighted by molar-refractivity contribution is 5.94. The zero-order valence-electron chi connectivity index (χ0n) is 13.9. The second-order valence-corrected chi connectivity index (χ2v) is 5.89. The molecule has 0 N–H and O–H groups in total. The van der Waals surface area contributed by atoms with Gasteiger partial charge in [0, 0.05) is 44.6 Å². The van der Waals surface area contributed by atoms with Crippen molar-refractivity contribution in [3.63, 3.8) is 0 Å². The van der Waals surface area contributed by atoms with Crippen LogP contribution in [0.1, 0.15) is 16.2 Å². The molecule has 1 amide bonds. The third-order valence-electron chi connectivity index (χ3n) is 4.24. The lowest BCUT2D eigenvalue weighted by Crippen LogP contribution is -2.49. The van der Waals surface area contributed by atoms with Gasteiger partial charge in [-0.2, -0.15) is 0 Å². The number of hydrogen-bond acceptors (Lipinski definition) is 6. The van der Waals surface area contributed by atoms with Gasteiger partial charge in [-0.05, 0) is 13.0 Å². The molecule has 0 atom stereocenters. The van der Waals surface area contributed by atoms with E-state index in [2.05, 4.69) is 19.9 Å². The molecule has 4 rings (SSSR count). The Labute approximate surface area is 144 Å². The molecule has 0 bridgehead atoms. The van der Waals surface area contributed by atoms with E-state index in [1.165, 1.54) is 12.5 Å². The van der Waals surface area contributed by atoms with Gasteiger partial charge in [0.15, 0.2) is 0 Å². The summed E-state index contributed by atoms with van der Waals surface area (Å²) in [4.78, 5) is 29.5. The SMILES string of the molecule is Cc1nc(N2CCN(C(=O)c3ccoc3)CC2)cc(-n2ccnc2)n1. The smallest absolute Gasteiger partial charge is 0.257 e. The van der Waals surface area contributed by atoms with Crippen LogP contribution in [-0.2, 0) is 0 Å². The fourth-order valence-corrected chi connectivity index (χ4v) is 2.93. The third kappa shape index (κ3) is 3.10. The highest BCUT2D eigenvalue weighted by Gasteiger charge is 2.24. The van der Waals surface area contributed by atoms with Crippen LogP contribution < -0.4 is 4.90 Å². The van der Waals surface area contributed by atoms with Gasteiger partial charge in [0.25, 0.3) is 5.91 Å². The molecule has 0 spiro atoms. The topological polar surface area (TPSA) is 80.3 Å². The Bertz CT molecular complexity index is 851. The van der Waals surface area contributed by atoms with Gasteiger partial charge in [-0.15, -0.1) is 0 Å². The number of furan rings is 1. The predicted octanol–water partition coefficient (Wildman–Crippen LogP) is 1.53. The van der Waals surface area contributed by atoms with Gasteiger partial charge in [0.2, 0.25) is 0 Å².